The van der Waals surface area contributed by atoms with Crippen molar-refractivity contribution < 1.29 is 17.1 Å². The summed E-state index contributed by atoms with van der Waals surface area (Å²) in [7, 11) is -0.409. The number of benzene rings is 2. The third-order valence-electron chi connectivity index (χ3n) is 3.49. The molecule has 156 valence electrons. The Kier molecular flexibility index (Phi) is 20.2. The fourth-order valence-corrected chi connectivity index (χ4v) is 4.74. The van der Waals surface area contributed by atoms with E-state index in [1.54, 1.807) is 0 Å². The zero-order valence-corrected chi connectivity index (χ0v) is 20.7. The van der Waals surface area contributed by atoms with Gasteiger partial charge in [0.25, 0.3) is 0 Å². The summed E-state index contributed by atoms with van der Waals surface area (Å²) in [6.45, 7) is 0. The number of alkyl halides is 2. The molecule has 0 aliphatic carbocycles. The molecule has 0 heterocycles. The van der Waals surface area contributed by atoms with Crippen LogP contribution in [0.2, 0.25) is 0 Å². The Morgan fingerprint density at radius 1 is 0.621 bits per heavy atom. The molecule has 0 saturated heterocycles. The molecule has 6 heteroatoms. The third kappa shape index (κ3) is 11.3. The van der Waals surface area contributed by atoms with E-state index in [1.165, 1.54) is 15.9 Å². The Morgan fingerprint density at radius 3 is 1.38 bits per heavy atom. The molecule has 0 amide bonds. The minimum absolute atomic E-state index is 0. The van der Waals surface area contributed by atoms with Gasteiger partial charge in [-0.15, -0.1) is 53.3 Å². The summed E-state index contributed by atoms with van der Waals surface area (Å²) in [6, 6.07) is 40.2. The van der Waals surface area contributed by atoms with E-state index in [-0.39, 0.29) is 47.2 Å². The van der Waals surface area contributed by atoms with Crippen LogP contribution in [0.15, 0.2) is 115 Å². The number of hydrogen-bond donors (Lipinski definition) is 0. The second-order valence-electron chi connectivity index (χ2n) is 5.21. The van der Waals surface area contributed by atoms with Crippen molar-refractivity contribution in [1.82, 2.24) is 0 Å². The number of halogens is 4. The number of hydrogen-bond acceptors (Lipinski definition) is 0. The molecule has 0 spiro atoms. The first-order valence-corrected chi connectivity index (χ1v) is 10.7. The van der Waals surface area contributed by atoms with Gasteiger partial charge in [-0.1, -0.05) is 60.7 Å². The van der Waals surface area contributed by atoms with Crippen molar-refractivity contribution >= 4 is 71.9 Å². The largest absolute Gasteiger partial charge is 2.00 e. The molecule has 0 unspecified atom stereocenters. The molecule has 0 aliphatic heterocycles. The number of rotatable bonds is 3. The summed E-state index contributed by atoms with van der Waals surface area (Å²) >= 11 is 9.53. The normalized spacial score (nSPS) is 8.66. The Hall–Kier alpha value is -0.751. The average Bonchev–Trinajstić information content (AvgIpc) is 3.42. The molecular formula is C23H23Cl4FeP. The summed E-state index contributed by atoms with van der Waals surface area (Å²) in [6.07, 6.45) is 0. The Labute approximate surface area is 208 Å². The quantitative estimate of drug-likeness (QED) is 0.118. The molecule has 0 N–H and O–H groups in total. The van der Waals surface area contributed by atoms with Gasteiger partial charge >= 0.3 is 17.1 Å². The van der Waals surface area contributed by atoms with Crippen molar-refractivity contribution in [2.75, 3.05) is 5.34 Å². The summed E-state index contributed by atoms with van der Waals surface area (Å²) in [5, 5.41) is 4.43. The summed E-state index contributed by atoms with van der Waals surface area (Å²) in [4.78, 5) is 0. The Bertz CT molecular complexity index is 735. The van der Waals surface area contributed by atoms with Crippen LogP contribution in [0.4, 0.5) is 0 Å². The fraction of sp³-hybridized carbons (Fsp3) is 0.0435. The molecular weight excluding hydrogens is 505 g/mol. The second-order valence-corrected chi connectivity index (χ2v) is 8.24. The SMILES string of the molecule is Cl.Cl.ClCCl.[Fe+2].c1cc[cH-]c1.c1ccc(P(c2ccccc2)c2ccc[cH-]2)cc1. The van der Waals surface area contributed by atoms with Gasteiger partial charge in [0, 0.05) is 0 Å². The molecule has 0 aliphatic rings. The maximum absolute atomic E-state index is 4.76. The zero-order valence-electron chi connectivity index (χ0n) is 15.5. The second kappa shape index (κ2) is 19.2. The summed E-state index contributed by atoms with van der Waals surface area (Å²) < 4.78 is 0. The molecule has 0 bridgehead atoms. The molecule has 29 heavy (non-hydrogen) atoms. The smallest absolute Gasteiger partial charge is 0.214 e. The van der Waals surface area contributed by atoms with Crippen LogP contribution in [0.25, 0.3) is 0 Å². The molecule has 0 saturated carbocycles. The molecule has 4 rings (SSSR count). The molecule has 0 atom stereocenters. The zero-order chi connectivity index (χ0) is 18.5. The first kappa shape index (κ1) is 30.4. The van der Waals surface area contributed by atoms with Crippen molar-refractivity contribution in [3.8, 4) is 0 Å². The topological polar surface area (TPSA) is 0 Å². The molecule has 4 aromatic carbocycles. The van der Waals surface area contributed by atoms with Crippen LogP contribution >= 0.6 is 55.9 Å². The monoisotopic (exact) mass is 526 g/mol. The molecule has 0 aromatic heterocycles. The summed E-state index contributed by atoms with van der Waals surface area (Å²) in [5.74, 6) is 0. The van der Waals surface area contributed by atoms with Gasteiger partial charge in [0.05, 0.1) is 5.34 Å². The molecule has 4 aromatic rings. The Balaban J connectivity index is 0. The standard InChI is InChI=1S/C17H14P.C5H5.CH2Cl2.2ClH.Fe/c1-3-9-15(10-4-1)18(17-13-7-8-14-17)16-11-5-2-6-12-16;1-2-4-5-3-1;2-1-3;;;/h1-14H;1-5H;1H2;2*1H;/q2*-1;;;;+2. The average molecular weight is 528 g/mol. The Morgan fingerprint density at radius 2 is 1.07 bits per heavy atom. The van der Waals surface area contributed by atoms with Crippen LogP contribution in [0, 0.1) is 0 Å². The van der Waals surface area contributed by atoms with E-state index in [0.717, 1.165) is 0 Å². The van der Waals surface area contributed by atoms with Crippen LogP contribution in [-0.4, -0.2) is 5.34 Å². The van der Waals surface area contributed by atoms with E-state index < -0.39 is 7.92 Å². The van der Waals surface area contributed by atoms with Gasteiger partial charge in [-0.05, 0) is 18.5 Å². The maximum atomic E-state index is 4.76. The van der Waals surface area contributed by atoms with E-state index in [2.05, 4.69) is 84.9 Å². The maximum Gasteiger partial charge on any atom is 2.00 e. The van der Waals surface area contributed by atoms with Crippen molar-refractivity contribution in [2.45, 2.75) is 0 Å². The van der Waals surface area contributed by atoms with Crippen molar-refractivity contribution in [2.24, 2.45) is 0 Å². The minimum Gasteiger partial charge on any atom is -0.214 e. The predicted octanol–water partition coefficient (Wildman–Crippen LogP) is 6.83. The van der Waals surface area contributed by atoms with Gasteiger partial charge in [0.15, 0.2) is 0 Å². The minimum atomic E-state index is -0.409. The van der Waals surface area contributed by atoms with Crippen LogP contribution in [0.1, 0.15) is 0 Å². The predicted molar refractivity (Wildman–Crippen MR) is 134 cm³/mol. The van der Waals surface area contributed by atoms with E-state index in [9.17, 15) is 0 Å². The molecule has 0 fully saturated rings. The van der Waals surface area contributed by atoms with Crippen molar-refractivity contribution in [3.63, 3.8) is 0 Å². The van der Waals surface area contributed by atoms with Crippen LogP contribution in [0.3, 0.4) is 0 Å². The summed E-state index contributed by atoms with van der Waals surface area (Å²) in [5.41, 5.74) is 0. The molecule has 0 radical (unpaired) electrons. The van der Waals surface area contributed by atoms with Crippen molar-refractivity contribution in [3.05, 3.63) is 115 Å². The van der Waals surface area contributed by atoms with E-state index in [0.29, 0.717) is 0 Å². The fourth-order valence-electron chi connectivity index (χ4n) is 2.44. The van der Waals surface area contributed by atoms with Gasteiger partial charge in [0.2, 0.25) is 0 Å². The van der Waals surface area contributed by atoms with E-state index in [4.69, 9.17) is 23.2 Å². The van der Waals surface area contributed by atoms with Crippen LogP contribution in [-0.2, 0) is 17.1 Å². The van der Waals surface area contributed by atoms with Gasteiger partial charge in [-0.25, -0.2) is 24.3 Å². The van der Waals surface area contributed by atoms with Gasteiger partial charge in [-0.3, -0.25) is 0 Å². The van der Waals surface area contributed by atoms with Gasteiger partial charge in [0.1, 0.15) is 0 Å². The van der Waals surface area contributed by atoms with Gasteiger partial charge < -0.3 is 0 Å². The van der Waals surface area contributed by atoms with Crippen molar-refractivity contribution in [1.29, 1.82) is 0 Å². The van der Waals surface area contributed by atoms with Gasteiger partial charge in [-0.2, -0.15) is 30.3 Å². The van der Waals surface area contributed by atoms with Crippen LogP contribution < -0.4 is 15.9 Å². The van der Waals surface area contributed by atoms with E-state index >= 15 is 0 Å². The third-order valence-corrected chi connectivity index (χ3v) is 5.93. The van der Waals surface area contributed by atoms with Crippen LogP contribution in [0.5, 0.6) is 0 Å². The van der Waals surface area contributed by atoms with E-state index in [1.807, 2.05) is 30.3 Å². The molecule has 0 nitrogen and oxygen atoms in total. The first-order valence-electron chi connectivity index (χ1n) is 8.27. The first-order chi connectivity index (χ1) is 12.9.